The Hall–Kier alpha value is -0.347. The first-order valence-electron chi connectivity index (χ1n) is 8.00. The van der Waals surface area contributed by atoms with Crippen LogP contribution in [-0.2, 0) is 21.1 Å². The van der Waals surface area contributed by atoms with Gasteiger partial charge in [-0.1, -0.05) is 17.8 Å². The summed E-state index contributed by atoms with van der Waals surface area (Å²) in [6.07, 6.45) is 0. The molecule has 0 N–H and O–H groups in total. The average molecular weight is 539 g/mol. The van der Waals surface area contributed by atoms with Crippen LogP contribution in [0.4, 0.5) is 17.1 Å². The third kappa shape index (κ3) is 6.18. The van der Waals surface area contributed by atoms with Crippen molar-refractivity contribution < 1.29 is 21.1 Å². The van der Waals surface area contributed by atoms with Gasteiger partial charge in [0.05, 0.1) is 5.69 Å². The van der Waals surface area contributed by atoms with Crippen molar-refractivity contribution in [3.8, 4) is 0 Å². The van der Waals surface area contributed by atoms with Gasteiger partial charge in [-0.3, -0.25) is 0 Å². The molecule has 0 saturated carbocycles. The number of para-hydroxylation sites is 3. The molecule has 0 aliphatic carbocycles. The molecule has 0 spiro atoms. The van der Waals surface area contributed by atoms with Gasteiger partial charge in [-0.2, -0.15) is 24.3 Å². The molecule has 0 amide bonds. The van der Waals surface area contributed by atoms with Gasteiger partial charge in [-0.15, -0.1) is 6.07 Å². The van der Waals surface area contributed by atoms with E-state index in [-0.39, 0.29) is 36.9 Å². The average Bonchev–Trinajstić information content (AvgIpc) is 2.85. The Balaban J connectivity index is 0.000000312. The number of anilines is 3. The standard InChI is InChI=1S/C13H11BN2.C5H14P2.Pt/c1-15-12-9-5-6-10-13(12)16(14-15)11-7-3-2-4-8-11;1-6(2)5-7(3)4;/h2-7,9-10H,1H3;5H2,1-4H3;/q-1;;/p+2. The van der Waals surface area contributed by atoms with Gasteiger partial charge in [0.1, 0.15) is 0 Å². The van der Waals surface area contributed by atoms with Crippen LogP contribution in [0, 0.1) is 6.07 Å². The van der Waals surface area contributed by atoms with Crippen molar-refractivity contribution in [2.24, 2.45) is 0 Å². The van der Waals surface area contributed by atoms with Gasteiger partial charge in [0.25, 0.3) is 0 Å². The van der Waals surface area contributed by atoms with Crippen molar-refractivity contribution in [1.29, 1.82) is 0 Å². The minimum atomic E-state index is 0. The van der Waals surface area contributed by atoms with E-state index < -0.39 is 0 Å². The monoisotopic (exact) mass is 539 g/mol. The maximum absolute atomic E-state index is 3.24. The molecule has 1 aliphatic heterocycles. The summed E-state index contributed by atoms with van der Waals surface area (Å²) in [5.41, 5.74) is 3.49. The van der Waals surface area contributed by atoms with Gasteiger partial charge in [-0.05, 0) is 19.2 Å². The maximum Gasteiger partial charge on any atom is 0.394 e. The smallest absolute Gasteiger partial charge is 0.394 e. The largest absolute Gasteiger partial charge is 0.400 e. The van der Waals surface area contributed by atoms with Crippen molar-refractivity contribution in [2.45, 2.75) is 0 Å². The zero-order valence-corrected chi connectivity index (χ0v) is 19.4. The summed E-state index contributed by atoms with van der Waals surface area (Å²) < 4.78 is 0. The summed E-state index contributed by atoms with van der Waals surface area (Å²) in [6, 6.07) is 19.6. The Bertz CT molecular complexity index is 605. The van der Waals surface area contributed by atoms with Crippen molar-refractivity contribution in [1.82, 2.24) is 0 Å². The van der Waals surface area contributed by atoms with E-state index in [1.165, 1.54) is 11.4 Å². The van der Waals surface area contributed by atoms with Crippen LogP contribution >= 0.6 is 15.8 Å². The van der Waals surface area contributed by atoms with Gasteiger partial charge in [0.15, 0.2) is 5.90 Å². The van der Waals surface area contributed by atoms with E-state index in [0.29, 0.717) is 0 Å². The number of rotatable bonds is 3. The van der Waals surface area contributed by atoms with Gasteiger partial charge < -0.3 is 9.62 Å². The van der Waals surface area contributed by atoms with E-state index in [2.05, 4.69) is 87.3 Å². The molecule has 0 fully saturated rings. The molecule has 2 aromatic carbocycles. The zero-order chi connectivity index (χ0) is 16.8. The minimum Gasteiger partial charge on any atom is -0.400 e. The Kier molecular flexibility index (Phi) is 9.58. The number of benzene rings is 2. The minimum absolute atomic E-state index is 0. The summed E-state index contributed by atoms with van der Waals surface area (Å²) in [7, 11) is 4.36. The van der Waals surface area contributed by atoms with Crippen molar-refractivity contribution >= 4 is 40.5 Å². The first-order valence-corrected chi connectivity index (χ1v) is 13.4. The second kappa shape index (κ2) is 10.6. The summed E-state index contributed by atoms with van der Waals surface area (Å²) in [5.74, 6) is 1.56. The normalized spacial score (nSPS) is 12.3. The maximum atomic E-state index is 3.24. The molecule has 0 atom stereocenters. The molecule has 6 heteroatoms. The summed E-state index contributed by atoms with van der Waals surface area (Å²) in [6.45, 7) is 9.56. The molecule has 2 nitrogen and oxygen atoms in total. The molecule has 0 bridgehead atoms. The van der Waals surface area contributed by atoms with Gasteiger partial charge in [0, 0.05) is 69.3 Å². The fourth-order valence-corrected chi connectivity index (χ4v) is 8.35. The van der Waals surface area contributed by atoms with Crippen LogP contribution in [0.1, 0.15) is 0 Å². The Morgan fingerprint density at radius 3 is 2.00 bits per heavy atom. The molecule has 131 valence electrons. The molecule has 1 aliphatic rings. The summed E-state index contributed by atoms with van der Waals surface area (Å²) in [5, 5.41) is 0. The van der Waals surface area contributed by atoms with E-state index in [1.807, 2.05) is 18.2 Å². The van der Waals surface area contributed by atoms with Crippen LogP contribution in [0.15, 0.2) is 48.5 Å². The van der Waals surface area contributed by atoms with Crippen LogP contribution in [-0.4, -0.2) is 47.2 Å². The number of hydrogen-bond donors (Lipinski definition) is 0. The quantitative estimate of drug-likeness (QED) is 0.322. The summed E-state index contributed by atoms with van der Waals surface area (Å²) >= 11 is 0. The van der Waals surface area contributed by atoms with Gasteiger partial charge in [-0.25, -0.2) is 0 Å². The van der Waals surface area contributed by atoms with Gasteiger partial charge in [0.2, 0.25) is 0 Å². The van der Waals surface area contributed by atoms with Crippen LogP contribution in [0.2, 0.25) is 0 Å². The molecular weight excluding hydrogens is 512 g/mol. The number of nitrogens with zero attached hydrogens (tertiary/aromatic N) is 2. The second-order valence-corrected chi connectivity index (χ2v) is 12.7. The van der Waals surface area contributed by atoms with E-state index in [0.717, 1.165) is 5.69 Å². The first kappa shape index (κ1) is 21.7. The fourth-order valence-electron chi connectivity index (χ4n) is 2.70. The molecule has 0 aromatic heterocycles. The predicted molar refractivity (Wildman–Crippen MR) is 113 cm³/mol. The topological polar surface area (TPSA) is 6.48 Å². The Labute approximate surface area is 165 Å². The second-order valence-electron chi connectivity index (χ2n) is 6.42. The van der Waals surface area contributed by atoms with E-state index in [1.54, 1.807) is 5.90 Å². The van der Waals surface area contributed by atoms with Crippen LogP contribution < -0.4 is 9.62 Å². The zero-order valence-electron chi connectivity index (χ0n) is 15.1. The van der Waals surface area contributed by atoms with Crippen molar-refractivity contribution in [3.05, 3.63) is 54.6 Å². The fraction of sp³-hybridized carbons (Fsp3) is 0.333. The number of hydrogen-bond acceptors (Lipinski definition) is 2. The molecule has 24 heavy (non-hydrogen) atoms. The molecule has 1 radical (unpaired) electrons. The molecule has 0 saturated heterocycles. The van der Waals surface area contributed by atoms with Crippen molar-refractivity contribution in [2.75, 3.05) is 49.2 Å². The third-order valence-corrected chi connectivity index (χ3v) is 9.13. The molecule has 3 rings (SSSR count). The molecule has 2 aromatic rings. The Morgan fingerprint density at radius 2 is 1.50 bits per heavy atom. The Morgan fingerprint density at radius 1 is 0.917 bits per heavy atom. The van der Waals surface area contributed by atoms with Crippen LogP contribution in [0.5, 0.6) is 0 Å². The van der Waals surface area contributed by atoms with E-state index in [4.69, 9.17) is 0 Å². The van der Waals surface area contributed by atoms with E-state index in [9.17, 15) is 0 Å². The molecule has 0 unspecified atom stereocenters. The van der Waals surface area contributed by atoms with Crippen LogP contribution in [0.3, 0.4) is 0 Å². The first-order chi connectivity index (χ1) is 11.0. The van der Waals surface area contributed by atoms with E-state index >= 15 is 0 Å². The molecular formula is C18H27BN2P2Pt+. The molecule has 1 heterocycles. The van der Waals surface area contributed by atoms with Gasteiger partial charge >= 0.3 is 7.55 Å². The van der Waals surface area contributed by atoms with Crippen molar-refractivity contribution in [3.63, 3.8) is 0 Å². The van der Waals surface area contributed by atoms with Crippen LogP contribution in [0.25, 0.3) is 0 Å². The number of fused-ring (bicyclic) bond motifs is 1. The predicted octanol–water partition coefficient (Wildman–Crippen LogP) is 4.50. The summed E-state index contributed by atoms with van der Waals surface area (Å²) in [4.78, 5) is 4.27. The third-order valence-electron chi connectivity index (χ3n) is 3.47. The SMILES string of the molecule is CN1[B]N(c2[c-]cccc2)c2ccccc21.C[PH+](C)C[PH+](C)C.[Pt].